The van der Waals surface area contributed by atoms with Crippen molar-refractivity contribution in [2.75, 3.05) is 5.32 Å². The highest BCUT2D eigenvalue weighted by molar-refractivity contribution is 6.05. The van der Waals surface area contributed by atoms with Crippen LogP contribution < -0.4 is 5.32 Å². The molecule has 4 rings (SSSR count). The van der Waals surface area contributed by atoms with Gasteiger partial charge in [-0.05, 0) is 42.8 Å². The zero-order valence-corrected chi connectivity index (χ0v) is 14.3. The molecule has 26 heavy (non-hydrogen) atoms. The molecule has 0 fully saturated rings. The van der Waals surface area contributed by atoms with E-state index in [4.69, 9.17) is 0 Å². The van der Waals surface area contributed by atoms with Gasteiger partial charge >= 0.3 is 0 Å². The quantitative estimate of drug-likeness (QED) is 0.603. The minimum atomic E-state index is -0.169. The molecule has 0 radical (unpaired) electrons. The molecule has 2 aromatic carbocycles. The number of nitrogens with one attached hydrogen (secondary N) is 1. The van der Waals surface area contributed by atoms with E-state index in [0.717, 1.165) is 23.3 Å². The van der Waals surface area contributed by atoms with Crippen molar-refractivity contribution in [2.24, 2.45) is 0 Å². The van der Waals surface area contributed by atoms with Gasteiger partial charge in [0, 0.05) is 36.7 Å². The Morgan fingerprint density at radius 2 is 2.12 bits per heavy atom. The minimum Gasteiger partial charge on any atom is -0.333 e. The molecule has 0 spiro atoms. The van der Waals surface area contributed by atoms with Crippen LogP contribution in [0.3, 0.4) is 0 Å². The van der Waals surface area contributed by atoms with Crippen molar-refractivity contribution in [3.8, 4) is 0 Å². The summed E-state index contributed by atoms with van der Waals surface area (Å²) in [5.74, 6) is -0.169. The Morgan fingerprint density at radius 1 is 1.19 bits per heavy atom. The van der Waals surface area contributed by atoms with Gasteiger partial charge in [0.15, 0.2) is 0 Å². The third-order valence-corrected chi connectivity index (χ3v) is 4.18. The van der Waals surface area contributed by atoms with Crippen LogP contribution in [0.1, 0.15) is 22.8 Å². The standard InChI is InChI=1S/C19H18N6O/c1-2-25-18-7-6-15(11-17(18)22-23-25)19(26)21-16-5-3-4-14(10-16)12-24-9-8-20-13-24/h3-11,13H,2,12H2,1H3,(H,21,26). The van der Waals surface area contributed by atoms with Crippen LogP contribution in [0.4, 0.5) is 5.69 Å². The smallest absolute Gasteiger partial charge is 0.255 e. The Balaban J connectivity index is 1.52. The zero-order valence-electron chi connectivity index (χ0n) is 14.3. The number of carbonyl (C=O) groups excluding carboxylic acids is 1. The topological polar surface area (TPSA) is 77.6 Å². The van der Waals surface area contributed by atoms with E-state index >= 15 is 0 Å². The van der Waals surface area contributed by atoms with E-state index in [0.29, 0.717) is 17.6 Å². The average molecular weight is 346 g/mol. The molecule has 0 saturated heterocycles. The van der Waals surface area contributed by atoms with Crippen LogP contribution in [0.5, 0.6) is 0 Å². The first-order valence-corrected chi connectivity index (χ1v) is 8.42. The molecule has 4 aromatic rings. The third-order valence-electron chi connectivity index (χ3n) is 4.18. The van der Waals surface area contributed by atoms with Gasteiger partial charge in [-0.3, -0.25) is 4.79 Å². The summed E-state index contributed by atoms with van der Waals surface area (Å²) in [7, 11) is 0. The maximum atomic E-state index is 12.6. The molecule has 0 aliphatic carbocycles. The molecule has 0 unspecified atom stereocenters. The van der Waals surface area contributed by atoms with Crippen molar-refractivity contribution in [3.05, 3.63) is 72.3 Å². The highest BCUT2D eigenvalue weighted by atomic mass is 16.1. The molecule has 0 saturated carbocycles. The first-order valence-electron chi connectivity index (χ1n) is 8.42. The lowest BCUT2D eigenvalue weighted by Gasteiger charge is -2.08. The summed E-state index contributed by atoms with van der Waals surface area (Å²) in [4.78, 5) is 16.6. The van der Waals surface area contributed by atoms with Gasteiger partial charge in [-0.15, -0.1) is 5.10 Å². The number of carbonyl (C=O) groups is 1. The average Bonchev–Trinajstić information content (AvgIpc) is 3.30. The summed E-state index contributed by atoms with van der Waals surface area (Å²) in [6.07, 6.45) is 5.42. The van der Waals surface area contributed by atoms with Crippen molar-refractivity contribution in [1.82, 2.24) is 24.5 Å². The molecule has 1 N–H and O–H groups in total. The van der Waals surface area contributed by atoms with Gasteiger partial charge in [-0.25, -0.2) is 9.67 Å². The highest BCUT2D eigenvalue weighted by Gasteiger charge is 2.10. The second-order valence-electron chi connectivity index (χ2n) is 6.00. The summed E-state index contributed by atoms with van der Waals surface area (Å²) in [5.41, 5.74) is 4.03. The number of aromatic nitrogens is 5. The Kier molecular flexibility index (Phi) is 4.18. The van der Waals surface area contributed by atoms with Crippen molar-refractivity contribution in [2.45, 2.75) is 20.0 Å². The van der Waals surface area contributed by atoms with Gasteiger partial charge in [0.05, 0.1) is 11.8 Å². The normalized spacial score (nSPS) is 11.0. The van der Waals surface area contributed by atoms with E-state index in [-0.39, 0.29) is 5.91 Å². The summed E-state index contributed by atoms with van der Waals surface area (Å²) in [6.45, 7) is 3.45. The monoisotopic (exact) mass is 346 g/mol. The molecule has 2 aromatic heterocycles. The number of benzene rings is 2. The van der Waals surface area contributed by atoms with E-state index in [2.05, 4.69) is 20.6 Å². The highest BCUT2D eigenvalue weighted by Crippen LogP contribution is 2.17. The van der Waals surface area contributed by atoms with Crippen molar-refractivity contribution >= 4 is 22.6 Å². The zero-order chi connectivity index (χ0) is 17.9. The summed E-state index contributed by atoms with van der Waals surface area (Å²) >= 11 is 0. The predicted octanol–water partition coefficient (Wildman–Crippen LogP) is 2.95. The number of amides is 1. The third kappa shape index (κ3) is 3.19. The molecular weight excluding hydrogens is 328 g/mol. The summed E-state index contributed by atoms with van der Waals surface area (Å²) < 4.78 is 3.78. The molecule has 0 bridgehead atoms. The van der Waals surface area contributed by atoms with Gasteiger partial charge in [-0.2, -0.15) is 0 Å². The minimum absolute atomic E-state index is 0.169. The lowest BCUT2D eigenvalue weighted by molar-refractivity contribution is 0.102. The molecule has 7 heteroatoms. The van der Waals surface area contributed by atoms with E-state index in [1.807, 2.05) is 48.0 Å². The number of hydrogen-bond donors (Lipinski definition) is 1. The first-order chi connectivity index (χ1) is 12.7. The van der Waals surface area contributed by atoms with Crippen LogP contribution in [-0.2, 0) is 13.1 Å². The Labute approximate surface area is 150 Å². The molecule has 1 amide bonds. The van der Waals surface area contributed by atoms with Gasteiger partial charge in [0.1, 0.15) is 5.52 Å². The van der Waals surface area contributed by atoms with Crippen molar-refractivity contribution in [1.29, 1.82) is 0 Å². The van der Waals surface area contributed by atoms with Crippen LogP contribution in [0.2, 0.25) is 0 Å². The number of anilines is 1. The fraction of sp³-hybridized carbons (Fsp3) is 0.158. The largest absolute Gasteiger partial charge is 0.333 e. The molecule has 7 nitrogen and oxygen atoms in total. The number of aryl methyl sites for hydroxylation is 1. The molecule has 0 atom stereocenters. The number of fused-ring (bicyclic) bond motifs is 1. The van der Waals surface area contributed by atoms with Gasteiger partial charge in [0.25, 0.3) is 5.91 Å². The van der Waals surface area contributed by atoms with Crippen molar-refractivity contribution in [3.63, 3.8) is 0 Å². The van der Waals surface area contributed by atoms with Crippen LogP contribution in [0.25, 0.3) is 11.0 Å². The molecule has 0 aliphatic rings. The molecule has 0 aliphatic heterocycles. The second kappa shape index (κ2) is 6.79. The number of hydrogen-bond acceptors (Lipinski definition) is 4. The predicted molar refractivity (Wildman–Crippen MR) is 98.9 cm³/mol. The molecular formula is C19H18N6O. The Hall–Kier alpha value is -3.48. The molecule has 2 heterocycles. The molecule has 130 valence electrons. The van der Waals surface area contributed by atoms with E-state index < -0.39 is 0 Å². The van der Waals surface area contributed by atoms with Crippen LogP contribution in [0.15, 0.2) is 61.2 Å². The Bertz CT molecular complexity index is 1050. The first kappa shape index (κ1) is 16.0. The van der Waals surface area contributed by atoms with Crippen molar-refractivity contribution < 1.29 is 4.79 Å². The van der Waals surface area contributed by atoms with E-state index in [1.54, 1.807) is 29.3 Å². The second-order valence-corrected chi connectivity index (χ2v) is 6.00. The number of rotatable bonds is 5. The van der Waals surface area contributed by atoms with E-state index in [1.165, 1.54) is 0 Å². The number of nitrogens with zero attached hydrogens (tertiary/aromatic N) is 5. The fourth-order valence-corrected chi connectivity index (χ4v) is 2.89. The van der Waals surface area contributed by atoms with Gasteiger partial charge in [0.2, 0.25) is 0 Å². The van der Waals surface area contributed by atoms with Crippen LogP contribution >= 0.6 is 0 Å². The van der Waals surface area contributed by atoms with Crippen LogP contribution in [0, 0.1) is 0 Å². The summed E-state index contributed by atoms with van der Waals surface area (Å²) in [6, 6.07) is 13.2. The van der Waals surface area contributed by atoms with E-state index in [9.17, 15) is 4.79 Å². The lowest BCUT2D eigenvalue weighted by atomic mass is 10.1. The maximum absolute atomic E-state index is 12.6. The Morgan fingerprint density at radius 3 is 2.92 bits per heavy atom. The maximum Gasteiger partial charge on any atom is 0.255 e. The lowest BCUT2D eigenvalue weighted by Crippen LogP contribution is -2.12. The van der Waals surface area contributed by atoms with Gasteiger partial charge < -0.3 is 9.88 Å². The number of imidazole rings is 1. The van der Waals surface area contributed by atoms with Crippen LogP contribution in [-0.4, -0.2) is 30.5 Å². The summed E-state index contributed by atoms with van der Waals surface area (Å²) in [5, 5.41) is 11.1. The fourth-order valence-electron chi connectivity index (χ4n) is 2.89. The SMILES string of the molecule is CCn1nnc2cc(C(=O)Nc3cccc(Cn4ccnc4)c3)ccc21. The van der Waals surface area contributed by atoms with Gasteiger partial charge in [-0.1, -0.05) is 17.3 Å².